The molecule has 1 aliphatic rings. The van der Waals surface area contributed by atoms with E-state index in [-0.39, 0.29) is 12.3 Å². The molecule has 1 unspecified atom stereocenters. The molecule has 0 amide bonds. The molecule has 1 fully saturated rings. The molecule has 0 radical (unpaired) electrons. The van der Waals surface area contributed by atoms with Gasteiger partial charge in [-0.05, 0) is 12.3 Å². The summed E-state index contributed by atoms with van der Waals surface area (Å²) in [7, 11) is 0. The predicted molar refractivity (Wildman–Crippen MR) is 44.1 cm³/mol. The maximum atomic E-state index is 12.3. The Kier molecular flexibility index (Phi) is 3.73. The molecular formula is C8H12F6N2. The molecule has 0 heterocycles. The van der Waals surface area contributed by atoms with Gasteiger partial charge in [-0.2, -0.15) is 26.3 Å². The van der Waals surface area contributed by atoms with Crippen molar-refractivity contribution in [3.05, 3.63) is 0 Å². The monoisotopic (exact) mass is 250 g/mol. The summed E-state index contributed by atoms with van der Waals surface area (Å²) in [5.74, 6) is 1.32. The Morgan fingerprint density at radius 1 is 1.06 bits per heavy atom. The standard InChI is InChI=1S/C8H12F6N2/c9-7(10,11)6(8(12,13)14)5(16-15)3-4-1-2-4/h4-6,16H,1-3,15H2. The van der Waals surface area contributed by atoms with Crippen molar-refractivity contribution in [2.75, 3.05) is 0 Å². The molecule has 0 aliphatic heterocycles. The molecule has 0 saturated heterocycles. The Hall–Kier alpha value is -0.500. The van der Waals surface area contributed by atoms with Crippen molar-refractivity contribution in [2.45, 2.75) is 37.7 Å². The third-order valence-electron chi connectivity index (χ3n) is 2.61. The molecule has 1 aliphatic carbocycles. The number of nitrogens with one attached hydrogen (secondary N) is 1. The summed E-state index contributed by atoms with van der Waals surface area (Å²) >= 11 is 0. The second-order valence-corrected chi connectivity index (χ2v) is 4.01. The molecule has 1 rings (SSSR count). The second kappa shape index (κ2) is 4.40. The summed E-state index contributed by atoms with van der Waals surface area (Å²) in [6.07, 6.45) is -9.52. The number of hydrazine groups is 1. The van der Waals surface area contributed by atoms with Crippen LogP contribution in [-0.4, -0.2) is 18.4 Å². The minimum absolute atomic E-state index is 0.0757. The summed E-state index contributed by atoms with van der Waals surface area (Å²) < 4.78 is 73.9. The molecule has 2 nitrogen and oxygen atoms in total. The maximum Gasteiger partial charge on any atom is 0.402 e. The molecule has 0 aromatic rings. The molecule has 16 heavy (non-hydrogen) atoms. The summed E-state index contributed by atoms with van der Waals surface area (Å²) in [4.78, 5) is 0. The Morgan fingerprint density at radius 3 is 1.75 bits per heavy atom. The van der Waals surface area contributed by atoms with Gasteiger partial charge in [-0.15, -0.1) is 0 Å². The first kappa shape index (κ1) is 13.6. The highest BCUT2D eigenvalue weighted by Gasteiger charge is 2.60. The van der Waals surface area contributed by atoms with Gasteiger partial charge in [0.15, 0.2) is 5.92 Å². The Labute approximate surface area is 88.1 Å². The van der Waals surface area contributed by atoms with Crippen molar-refractivity contribution >= 4 is 0 Å². The molecule has 96 valence electrons. The van der Waals surface area contributed by atoms with Crippen LogP contribution < -0.4 is 11.3 Å². The van der Waals surface area contributed by atoms with Crippen LogP contribution in [0.4, 0.5) is 26.3 Å². The molecule has 8 heteroatoms. The predicted octanol–water partition coefficient (Wildman–Crippen LogP) is 2.36. The summed E-state index contributed by atoms with van der Waals surface area (Å²) in [5, 5.41) is 0. The first-order chi connectivity index (χ1) is 7.16. The van der Waals surface area contributed by atoms with Crippen LogP contribution in [0.25, 0.3) is 0 Å². The van der Waals surface area contributed by atoms with Crippen LogP contribution in [0, 0.1) is 11.8 Å². The second-order valence-electron chi connectivity index (χ2n) is 4.01. The van der Waals surface area contributed by atoms with Crippen LogP contribution in [0.3, 0.4) is 0 Å². The van der Waals surface area contributed by atoms with Gasteiger partial charge in [0, 0.05) is 6.04 Å². The number of halogens is 6. The van der Waals surface area contributed by atoms with Gasteiger partial charge >= 0.3 is 12.4 Å². The highest BCUT2D eigenvalue weighted by atomic mass is 19.4. The van der Waals surface area contributed by atoms with Gasteiger partial charge in [-0.3, -0.25) is 11.3 Å². The van der Waals surface area contributed by atoms with Crippen molar-refractivity contribution in [3.8, 4) is 0 Å². The minimum Gasteiger partial charge on any atom is -0.271 e. The van der Waals surface area contributed by atoms with Crippen molar-refractivity contribution < 1.29 is 26.3 Å². The van der Waals surface area contributed by atoms with Gasteiger partial charge < -0.3 is 0 Å². The van der Waals surface area contributed by atoms with Gasteiger partial charge in [0.05, 0.1) is 0 Å². The normalized spacial score (nSPS) is 20.2. The fourth-order valence-corrected chi connectivity index (χ4v) is 1.65. The highest BCUT2D eigenvalue weighted by molar-refractivity contribution is 4.90. The van der Waals surface area contributed by atoms with E-state index in [4.69, 9.17) is 5.84 Å². The van der Waals surface area contributed by atoms with E-state index >= 15 is 0 Å². The smallest absolute Gasteiger partial charge is 0.271 e. The van der Waals surface area contributed by atoms with E-state index < -0.39 is 24.3 Å². The van der Waals surface area contributed by atoms with E-state index in [1.807, 2.05) is 0 Å². The topological polar surface area (TPSA) is 38.0 Å². The van der Waals surface area contributed by atoms with Crippen LogP contribution in [0.2, 0.25) is 0 Å². The van der Waals surface area contributed by atoms with Crippen LogP contribution in [0.1, 0.15) is 19.3 Å². The van der Waals surface area contributed by atoms with Crippen molar-refractivity contribution in [1.29, 1.82) is 0 Å². The fraction of sp³-hybridized carbons (Fsp3) is 1.00. The van der Waals surface area contributed by atoms with E-state index in [9.17, 15) is 26.3 Å². The zero-order valence-electron chi connectivity index (χ0n) is 8.20. The van der Waals surface area contributed by atoms with Crippen molar-refractivity contribution in [1.82, 2.24) is 5.43 Å². The molecule has 0 aromatic heterocycles. The van der Waals surface area contributed by atoms with E-state index in [2.05, 4.69) is 0 Å². The maximum absolute atomic E-state index is 12.3. The number of hydrogen-bond donors (Lipinski definition) is 2. The molecule has 0 bridgehead atoms. The van der Waals surface area contributed by atoms with Crippen LogP contribution in [0.15, 0.2) is 0 Å². The SMILES string of the molecule is NNC(CC1CC1)C(C(F)(F)F)C(F)(F)F. The summed E-state index contributed by atoms with van der Waals surface area (Å²) in [6, 6.07) is -1.80. The van der Waals surface area contributed by atoms with Crippen molar-refractivity contribution in [3.63, 3.8) is 0 Å². The first-order valence-corrected chi connectivity index (χ1v) is 4.75. The van der Waals surface area contributed by atoms with Crippen molar-refractivity contribution in [2.24, 2.45) is 17.7 Å². The van der Waals surface area contributed by atoms with Gasteiger partial charge in [0.2, 0.25) is 0 Å². The lowest BCUT2D eigenvalue weighted by atomic mass is 9.94. The third-order valence-corrected chi connectivity index (χ3v) is 2.61. The Bertz CT molecular complexity index is 218. The zero-order valence-corrected chi connectivity index (χ0v) is 8.20. The quantitative estimate of drug-likeness (QED) is 0.456. The molecular weight excluding hydrogens is 238 g/mol. The molecule has 1 atom stereocenters. The molecule has 0 aromatic carbocycles. The lowest BCUT2D eigenvalue weighted by Gasteiger charge is -2.30. The number of nitrogens with two attached hydrogens (primary N) is 1. The Morgan fingerprint density at radius 2 is 1.50 bits per heavy atom. The molecule has 1 saturated carbocycles. The first-order valence-electron chi connectivity index (χ1n) is 4.75. The van der Waals surface area contributed by atoms with Gasteiger partial charge in [0.25, 0.3) is 0 Å². The average molecular weight is 250 g/mol. The zero-order chi connectivity index (χ0) is 12.6. The third kappa shape index (κ3) is 3.51. The number of alkyl halides is 6. The van der Waals surface area contributed by atoms with Gasteiger partial charge in [-0.1, -0.05) is 12.8 Å². The van der Waals surface area contributed by atoms with E-state index in [0.29, 0.717) is 12.8 Å². The summed E-state index contributed by atoms with van der Waals surface area (Å²) in [6.45, 7) is 0. The largest absolute Gasteiger partial charge is 0.402 e. The highest BCUT2D eigenvalue weighted by Crippen LogP contribution is 2.45. The van der Waals surface area contributed by atoms with E-state index in [1.54, 1.807) is 5.43 Å². The van der Waals surface area contributed by atoms with Crippen LogP contribution in [0.5, 0.6) is 0 Å². The number of hydrogen-bond acceptors (Lipinski definition) is 2. The average Bonchev–Trinajstić information content (AvgIpc) is 2.81. The Balaban J connectivity index is 2.79. The number of rotatable bonds is 4. The lowest BCUT2D eigenvalue weighted by Crippen LogP contribution is -2.53. The lowest BCUT2D eigenvalue weighted by molar-refractivity contribution is -0.292. The van der Waals surface area contributed by atoms with Gasteiger partial charge in [0.1, 0.15) is 0 Å². The molecule has 3 N–H and O–H groups in total. The fourth-order valence-electron chi connectivity index (χ4n) is 1.65. The van der Waals surface area contributed by atoms with E-state index in [1.165, 1.54) is 0 Å². The van der Waals surface area contributed by atoms with Crippen LogP contribution >= 0.6 is 0 Å². The van der Waals surface area contributed by atoms with Crippen LogP contribution in [-0.2, 0) is 0 Å². The van der Waals surface area contributed by atoms with Gasteiger partial charge in [-0.25, -0.2) is 0 Å². The molecule has 0 spiro atoms. The van der Waals surface area contributed by atoms with E-state index in [0.717, 1.165) is 0 Å². The summed E-state index contributed by atoms with van der Waals surface area (Å²) in [5.41, 5.74) is 1.65. The minimum atomic E-state index is -5.33.